The molecule has 0 bridgehead atoms. The largest absolute Gasteiger partial charge is 0.618 e. The highest BCUT2D eigenvalue weighted by Gasteiger charge is 2.21. The zero-order valence-electron chi connectivity index (χ0n) is 12.8. The van der Waals surface area contributed by atoms with E-state index in [4.69, 9.17) is 4.74 Å². The number of carbonyl (C=O) groups is 1. The van der Waals surface area contributed by atoms with Crippen LogP contribution < -0.4 is 9.46 Å². The fourth-order valence-electron chi connectivity index (χ4n) is 2.23. The minimum absolute atomic E-state index is 0.113. The minimum atomic E-state index is -0.460. The third kappa shape index (κ3) is 3.02. The summed E-state index contributed by atoms with van der Waals surface area (Å²) in [6, 6.07) is 9.83. The molecule has 0 aliphatic heterocycles. The van der Waals surface area contributed by atoms with E-state index in [9.17, 15) is 15.2 Å². The molecular weight excluding hydrogens is 312 g/mol. The van der Waals surface area contributed by atoms with Gasteiger partial charge in [0.05, 0.1) is 0 Å². The predicted octanol–water partition coefficient (Wildman–Crippen LogP) is 1.00. The van der Waals surface area contributed by atoms with Crippen LogP contribution in [0.2, 0.25) is 0 Å². The van der Waals surface area contributed by atoms with Gasteiger partial charge in [0, 0.05) is 37.4 Å². The van der Waals surface area contributed by atoms with Gasteiger partial charge in [-0.1, -0.05) is 0 Å². The molecule has 0 amide bonds. The molecule has 24 heavy (non-hydrogen) atoms. The first-order valence-electron chi connectivity index (χ1n) is 7.14. The van der Waals surface area contributed by atoms with E-state index in [2.05, 4.69) is 4.98 Å². The summed E-state index contributed by atoms with van der Waals surface area (Å²) in [5.74, 6) is -0.163. The van der Waals surface area contributed by atoms with Crippen LogP contribution in [0.1, 0.15) is 6.92 Å². The fraction of sp³-hybridized carbons (Fsp3) is 0.125. The molecule has 0 aliphatic rings. The molecule has 3 heterocycles. The maximum Gasteiger partial charge on any atom is 0.304 e. The van der Waals surface area contributed by atoms with E-state index >= 15 is 0 Å². The highest BCUT2D eigenvalue weighted by Crippen LogP contribution is 2.21. The second-order valence-corrected chi connectivity index (χ2v) is 5.01. The quantitative estimate of drug-likeness (QED) is 0.405. The summed E-state index contributed by atoms with van der Waals surface area (Å²) in [5.41, 5.74) is 0.981. The van der Waals surface area contributed by atoms with E-state index in [0.29, 0.717) is 26.7 Å². The molecule has 0 aromatic carbocycles. The number of aromatic nitrogens is 4. The Morgan fingerprint density at radius 2 is 1.75 bits per heavy atom. The minimum Gasteiger partial charge on any atom is -0.618 e. The Kier molecular flexibility index (Phi) is 4.11. The highest BCUT2D eigenvalue weighted by atomic mass is 16.5. The summed E-state index contributed by atoms with van der Waals surface area (Å²) in [4.78, 5) is 15.5. The smallest absolute Gasteiger partial charge is 0.304 e. The van der Waals surface area contributed by atoms with Crippen LogP contribution in [0.15, 0.2) is 55.0 Å². The lowest BCUT2D eigenvalue weighted by Gasteiger charge is -2.07. The van der Waals surface area contributed by atoms with Gasteiger partial charge in [0.15, 0.2) is 24.8 Å². The van der Waals surface area contributed by atoms with Crippen molar-refractivity contribution in [2.75, 3.05) is 0 Å². The first kappa shape index (κ1) is 15.5. The van der Waals surface area contributed by atoms with Crippen LogP contribution in [0.3, 0.4) is 0 Å². The van der Waals surface area contributed by atoms with Crippen molar-refractivity contribution in [3.8, 4) is 22.9 Å². The molecule has 0 N–H and O–H groups in total. The normalized spacial score (nSPS) is 10.5. The van der Waals surface area contributed by atoms with E-state index in [1.165, 1.54) is 23.9 Å². The van der Waals surface area contributed by atoms with Crippen molar-refractivity contribution in [2.24, 2.45) is 0 Å². The Bertz CT molecular complexity index is 891. The van der Waals surface area contributed by atoms with Gasteiger partial charge < -0.3 is 15.2 Å². The Morgan fingerprint density at radius 1 is 1.12 bits per heavy atom. The van der Waals surface area contributed by atoms with E-state index < -0.39 is 5.97 Å². The maximum atomic E-state index is 12.0. The van der Waals surface area contributed by atoms with Crippen LogP contribution in [0.4, 0.5) is 0 Å². The zero-order valence-corrected chi connectivity index (χ0v) is 12.8. The number of nitrogens with zero attached hydrogens (tertiary/aromatic N) is 4. The number of ether oxygens (including phenoxy) is 1. The van der Waals surface area contributed by atoms with Crippen molar-refractivity contribution in [2.45, 2.75) is 13.7 Å². The van der Waals surface area contributed by atoms with Gasteiger partial charge in [-0.05, 0) is 12.1 Å². The van der Waals surface area contributed by atoms with Gasteiger partial charge in [-0.3, -0.25) is 9.36 Å². The molecule has 3 rings (SSSR count). The topological polar surface area (TPSA) is 98.0 Å². The number of carbonyl (C=O) groups excluding carboxylic acids is 1. The Balaban J connectivity index is 2.11. The third-order valence-electron chi connectivity index (χ3n) is 3.32. The van der Waals surface area contributed by atoms with Crippen LogP contribution in [0.5, 0.6) is 0 Å². The van der Waals surface area contributed by atoms with Crippen molar-refractivity contribution >= 4 is 5.97 Å². The second-order valence-electron chi connectivity index (χ2n) is 5.01. The summed E-state index contributed by atoms with van der Waals surface area (Å²) in [6.45, 7) is 1.18. The summed E-state index contributed by atoms with van der Waals surface area (Å²) < 4.78 is 7.84. The molecule has 122 valence electrons. The molecule has 3 aromatic heterocycles. The van der Waals surface area contributed by atoms with Crippen molar-refractivity contribution in [1.82, 2.24) is 9.55 Å². The molecule has 0 fully saturated rings. The lowest BCUT2D eigenvalue weighted by atomic mass is 10.3. The van der Waals surface area contributed by atoms with Gasteiger partial charge in [-0.15, -0.1) is 0 Å². The van der Waals surface area contributed by atoms with Gasteiger partial charge in [0.2, 0.25) is 11.5 Å². The molecule has 8 heteroatoms. The maximum absolute atomic E-state index is 12.0. The summed E-state index contributed by atoms with van der Waals surface area (Å²) in [7, 11) is 0. The van der Waals surface area contributed by atoms with Crippen LogP contribution in [0.25, 0.3) is 22.9 Å². The van der Waals surface area contributed by atoms with E-state index in [0.717, 1.165) is 0 Å². The van der Waals surface area contributed by atoms with Gasteiger partial charge in [-0.25, -0.2) is 4.98 Å². The average molecular weight is 326 g/mol. The number of esters is 1. The van der Waals surface area contributed by atoms with Crippen molar-refractivity contribution in [3.05, 3.63) is 65.4 Å². The molecule has 0 saturated heterocycles. The number of rotatable bonds is 4. The summed E-state index contributed by atoms with van der Waals surface area (Å²) in [6.07, 6.45) is 4.27. The fourth-order valence-corrected chi connectivity index (χ4v) is 2.23. The number of imidazole rings is 1. The summed E-state index contributed by atoms with van der Waals surface area (Å²) in [5, 5.41) is 23.9. The first-order valence-corrected chi connectivity index (χ1v) is 7.14. The van der Waals surface area contributed by atoms with Crippen LogP contribution in [0, 0.1) is 10.4 Å². The molecule has 8 nitrogen and oxygen atoms in total. The lowest BCUT2D eigenvalue weighted by Crippen LogP contribution is -2.29. The molecule has 0 unspecified atom stereocenters. The van der Waals surface area contributed by atoms with Crippen molar-refractivity contribution < 1.29 is 19.0 Å². The SMILES string of the molecule is CC(=O)OCn1cc(-c2cccc[n+]2[O-])nc1-c1cccc[n+]1[O-]. The molecule has 0 atom stereocenters. The van der Waals surface area contributed by atoms with E-state index in [1.807, 2.05) is 0 Å². The van der Waals surface area contributed by atoms with Gasteiger partial charge in [-0.2, -0.15) is 9.46 Å². The van der Waals surface area contributed by atoms with Gasteiger partial charge >= 0.3 is 5.97 Å². The second kappa shape index (κ2) is 6.37. The average Bonchev–Trinajstić information content (AvgIpc) is 2.97. The third-order valence-corrected chi connectivity index (χ3v) is 3.32. The Morgan fingerprint density at radius 3 is 2.33 bits per heavy atom. The zero-order chi connectivity index (χ0) is 17.1. The van der Waals surface area contributed by atoms with E-state index in [-0.39, 0.29) is 12.4 Å². The molecule has 0 radical (unpaired) electrons. The van der Waals surface area contributed by atoms with Crippen LogP contribution in [-0.2, 0) is 16.3 Å². The molecule has 0 spiro atoms. The monoisotopic (exact) mass is 326 g/mol. The van der Waals surface area contributed by atoms with Gasteiger partial charge in [0.1, 0.15) is 0 Å². The number of hydrogen-bond acceptors (Lipinski definition) is 5. The van der Waals surface area contributed by atoms with Crippen LogP contribution >= 0.6 is 0 Å². The van der Waals surface area contributed by atoms with Crippen molar-refractivity contribution in [1.29, 1.82) is 0 Å². The molecule has 0 aliphatic carbocycles. The van der Waals surface area contributed by atoms with Crippen LogP contribution in [-0.4, -0.2) is 15.5 Å². The Hall–Kier alpha value is -3.42. The predicted molar refractivity (Wildman–Crippen MR) is 82.8 cm³/mol. The van der Waals surface area contributed by atoms with Gasteiger partial charge in [0.25, 0.3) is 5.69 Å². The summed E-state index contributed by atoms with van der Waals surface area (Å²) >= 11 is 0. The molecular formula is C16H14N4O4. The standard InChI is InChI=1S/C16H14N4O4/c1-12(21)24-11-18-10-13(14-6-2-4-8-19(14)22)17-16(18)15-7-3-5-9-20(15)23/h2-10H,11H2,1H3. The molecule has 0 saturated carbocycles. The first-order chi connectivity index (χ1) is 11.6. The highest BCUT2D eigenvalue weighted by molar-refractivity contribution is 5.65. The van der Waals surface area contributed by atoms with Crippen molar-refractivity contribution in [3.63, 3.8) is 0 Å². The lowest BCUT2D eigenvalue weighted by molar-refractivity contribution is -0.594. The number of hydrogen-bond donors (Lipinski definition) is 0. The Labute approximate surface area is 137 Å². The van der Waals surface area contributed by atoms with E-state index in [1.54, 1.807) is 42.6 Å². The number of pyridine rings is 2. The molecule has 3 aromatic rings.